The summed E-state index contributed by atoms with van der Waals surface area (Å²) in [7, 11) is 0. The molecule has 23 heavy (non-hydrogen) atoms. The molecule has 2 rings (SSSR count). The van der Waals surface area contributed by atoms with E-state index in [1.807, 2.05) is 13.8 Å². The number of hydrogen-bond acceptors (Lipinski definition) is 4. The van der Waals surface area contributed by atoms with E-state index in [1.54, 1.807) is 11.3 Å². The average Bonchev–Trinajstić information content (AvgIpc) is 3.13. The van der Waals surface area contributed by atoms with Gasteiger partial charge in [-0.2, -0.15) is 0 Å². The van der Waals surface area contributed by atoms with Gasteiger partial charge in [0, 0.05) is 32.7 Å². The van der Waals surface area contributed by atoms with Crippen LogP contribution in [-0.2, 0) is 0 Å². The topological polar surface area (TPSA) is 51.1 Å². The summed E-state index contributed by atoms with van der Waals surface area (Å²) in [5.74, 6) is 0.929. The van der Waals surface area contributed by atoms with Crippen molar-refractivity contribution in [3.63, 3.8) is 0 Å². The first kappa shape index (κ1) is 18.1. The van der Waals surface area contributed by atoms with E-state index < -0.39 is 5.60 Å². The number of hydrogen-bond donors (Lipinski definition) is 2. The van der Waals surface area contributed by atoms with Crippen molar-refractivity contribution >= 4 is 22.3 Å². The Hall–Kier alpha value is -1.27. The third-order valence-corrected chi connectivity index (χ3v) is 5.50. The first-order valence-electron chi connectivity index (χ1n) is 8.66. The SMILES string of the molecule is CCNC(=NCC(O)(CC)CC)N1CCN(c2cccs2)CC1. The Labute approximate surface area is 144 Å². The summed E-state index contributed by atoms with van der Waals surface area (Å²) in [6, 6.07) is 4.29. The Morgan fingerprint density at radius 1 is 1.26 bits per heavy atom. The van der Waals surface area contributed by atoms with Crippen molar-refractivity contribution in [1.82, 2.24) is 10.2 Å². The van der Waals surface area contributed by atoms with Crippen LogP contribution in [0, 0.1) is 0 Å². The van der Waals surface area contributed by atoms with Crippen molar-refractivity contribution in [3.05, 3.63) is 17.5 Å². The van der Waals surface area contributed by atoms with E-state index in [-0.39, 0.29) is 0 Å². The number of thiophene rings is 1. The fourth-order valence-electron chi connectivity index (χ4n) is 2.71. The Morgan fingerprint density at radius 2 is 1.96 bits per heavy atom. The number of aliphatic imine (C=N–C) groups is 1. The number of aliphatic hydroxyl groups is 1. The third-order valence-electron chi connectivity index (χ3n) is 4.57. The molecule has 0 aliphatic carbocycles. The van der Waals surface area contributed by atoms with Crippen LogP contribution in [0.2, 0.25) is 0 Å². The van der Waals surface area contributed by atoms with Gasteiger partial charge in [-0.15, -0.1) is 11.3 Å². The Kier molecular flexibility index (Phi) is 6.72. The lowest BCUT2D eigenvalue weighted by atomic mass is 9.98. The molecule has 0 aromatic carbocycles. The van der Waals surface area contributed by atoms with Crippen LogP contribution < -0.4 is 10.2 Å². The highest BCUT2D eigenvalue weighted by Gasteiger charge is 2.24. The maximum atomic E-state index is 10.5. The van der Waals surface area contributed by atoms with E-state index in [1.165, 1.54) is 5.00 Å². The Bertz CT molecular complexity index is 477. The van der Waals surface area contributed by atoms with Crippen LogP contribution in [0.5, 0.6) is 0 Å². The minimum Gasteiger partial charge on any atom is -0.388 e. The van der Waals surface area contributed by atoms with Gasteiger partial charge in [0.05, 0.1) is 17.1 Å². The van der Waals surface area contributed by atoms with Gasteiger partial charge in [-0.05, 0) is 37.3 Å². The zero-order valence-electron chi connectivity index (χ0n) is 14.6. The minimum absolute atomic E-state index is 0.466. The monoisotopic (exact) mass is 338 g/mol. The predicted molar refractivity (Wildman–Crippen MR) is 99.6 cm³/mol. The van der Waals surface area contributed by atoms with Crippen LogP contribution in [0.25, 0.3) is 0 Å². The molecule has 1 aliphatic rings. The number of anilines is 1. The molecule has 0 radical (unpaired) electrons. The lowest BCUT2D eigenvalue weighted by Gasteiger charge is -2.37. The van der Waals surface area contributed by atoms with Gasteiger partial charge in [0.25, 0.3) is 0 Å². The number of guanidine groups is 1. The molecule has 1 saturated heterocycles. The van der Waals surface area contributed by atoms with Gasteiger partial charge in [0.2, 0.25) is 0 Å². The molecule has 1 aliphatic heterocycles. The number of piperazine rings is 1. The van der Waals surface area contributed by atoms with Crippen molar-refractivity contribution in [1.29, 1.82) is 0 Å². The highest BCUT2D eigenvalue weighted by molar-refractivity contribution is 7.14. The summed E-state index contributed by atoms with van der Waals surface area (Å²) in [6.45, 7) is 11.4. The highest BCUT2D eigenvalue weighted by atomic mass is 32.1. The molecular formula is C17H30N4OS. The number of nitrogens with one attached hydrogen (secondary N) is 1. The normalized spacial score (nSPS) is 16.8. The van der Waals surface area contributed by atoms with Crippen molar-refractivity contribution in [2.75, 3.05) is 44.2 Å². The molecule has 1 aromatic rings. The molecule has 5 nitrogen and oxygen atoms in total. The van der Waals surface area contributed by atoms with Gasteiger partial charge in [-0.25, -0.2) is 0 Å². The van der Waals surface area contributed by atoms with Gasteiger partial charge >= 0.3 is 0 Å². The van der Waals surface area contributed by atoms with Crippen LogP contribution in [0.3, 0.4) is 0 Å². The van der Waals surface area contributed by atoms with E-state index in [9.17, 15) is 5.11 Å². The summed E-state index contributed by atoms with van der Waals surface area (Å²) >= 11 is 1.80. The molecule has 0 unspecified atom stereocenters. The lowest BCUT2D eigenvalue weighted by Crippen LogP contribution is -2.52. The second-order valence-electron chi connectivity index (χ2n) is 6.03. The zero-order chi connectivity index (χ0) is 16.7. The van der Waals surface area contributed by atoms with Gasteiger partial charge in [0.15, 0.2) is 5.96 Å². The molecule has 1 fully saturated rings. The van der Waals surface area contributed by atoms with E-state index >= 15 is 0 Å². The quantitative estimate of drug-likeness (QED) is 0.618. The molecule has 6 heteroatoms. The standard InChI is InChI=1S/C17H30N4OS/c1-4-17(22,5-2)14-19-16(18-6-3)21-11-9-20(10-12-21)15-8-7-13-23-15/h7-8,13,22H,4-6,9-12,14H2,1-3H3,(H,18,19). The van der Waals surface area contributed by atoms with Crippen molar-refractivity contribution in [2.24, 2.45) is 4.99 Å². The minimum atomic E-state index is -0.681. The van der Waals surface area contributed by atoms with E-state index in [0.29, 0.717) is 6.54 Å². The molecule has 0 amide bonds. The summed E-state index contributed by atoms with van der Waals surface area (Å²) in [6.07, 6.45) is 1.47. The second-order valence-corrected chi connectivity index (χ2v) is 6.95. The van der Waals surface area contributed by atoms with Crippen molar-refractivity contribution in [3.8, 4) is 0 Å². The summed E-state index contributed by atoms with van der Waals surface area (Å²) in [5.41, 5.74) is -0.681. The van der Waals surface area contributed by atoms with Crippen molar-refractivity contribution in [2.45, 2.75) is 39.2 Å². The maximum Gasteiger partial charge on any atom is 0.194 e. The third kappa shape index (κ3) is 4.85. The second kappa shape index (κ2) is 8.55. The number of nitrogens with zero attached hydrogens (tertiary/aromatic N) is 3. The van der Waals surface area contributed by atoms with Crippen LogP contribution in [0.1, 0.15) is 33.6 Å². The van der Waals surface area contributed by atoms with Crippen molar-refractivity contribution < 1.29 is 5.11 Å². The van der Waals surface area contributed by atoms with E-state index in [0.717, 1.165) is 51.5 Å². The van der Waals surface area contributed by atoms with Gasteiger partial charge in [-0.1, -0.05) is 13.8 Å². The average molecular weight is 339 g/mol. The highest BCUT2D eigenvalue weighted by Crippen LogP contribution is 2.22. The lowest BCUT2D eigenvalue weighted by molar-refractivity contribution is 0.0415. The van der Waals surface area contributed by atoms with Gasteiger partial charge < -0.3 is 20.2 Å². The van der Waals surface area contributed by atoms with Crippen LogP contribution in [0.4, 0.5) is 5.00 Å². The first-order chi connectivity index (χ1) is 11.1. The molecular weight excluding hydrogens is 308 g/mol. The largest absolute Gasteiger partial charge is 0.388 e. The molecule has 1 aromatic heterocycles. The fraction of sp³-hybridized carbons (Fsp3) is 0.706. The molecule has 2 N–H and O–H groups in total. The van der Waals surface area contributed by atoms with Gasteiger partial charge in [0.1, 0.15) is 0 Å². The summed E-state index contributed by atoms with van der Waals surface area (Å²) < 4.78 is 0. The Morgan fingerprint density at radius 3 is 2.48 bits per heavy atom. The smallest absolute Gasteiger partial charge is 0.194 e. The molecule has 0 bridgehead atoms. The molecule has 0 saturated carbocycles. The fourth-order valence-corrected chi connectivity index (χ4v) is 3.50. The summed E-state index contributed by atoms with van der Waals surface area (Å²) in [4.78, 5) is 9.44. The first-order valence-corrected chi connectivity index (χ1v) is 9.54. The number of rotatable bonds is 6. The van der Waals surface area contributed by atoms with Crippen LogP contribution >= 0.6 is 11.3 Å². The maximum absolute atomic E-state index is 10.5. The molecule has 130 valence electrons. The Balaban J connectivity index is 1.96. The van der Waals surface area contributed by atoms with Gasteiger partial charge in [-0.3, -0.25) is 4.99 Å². The summed E-state index contributed by atoms with van der Waals surface area (Å²) in [5, 5.41) is 17.3. The van der Waals surface area contributed by atoms with E-state index in [2.05, 4.69) is 39.6 Å². The van der Waals surface area contributed by atoms with Crippen LogP contribution in [-0.4, -0.2) is 60.8 Å². The molecule has 2 heterocycles. The molecule has 0 spiro atoms. The zero-order valence-corrected chi connectivity index (χ0v) is 15.4. The molecule has 0 atom stereocenters. The van der Waals surface area contributed by atoms with E-state index in [4.69, 9.17) is 4.99 Å². The van der Waals surface area contributed by atoms with Crippen LogP contribution in [0.15, 0.2) is 22.5 Å². The predicted octanol–water partition coefficient (Wildman–Crippen LogP) is 2.39.